The molecule has 4 bridgehead atoms. The van der Waals surface area contributed by atoms with Crippen LogP contribution in [0.15, 0.2) is 42.6 Å². The van der Waals surface area contributed by atoms with Gasteiger partial charge in [0.05, 0.1) is 0 Å². The summed E-state index contributed by atoms with van der Waals surface area (Å²) in [6, 6.07) is 10.7. The Morgan fingerprint density at radius 1 is 1.03 bits per heavy atom. The number of hydrogen-bond acceptors (Lipinski definition) is 7. The molecule has 186 valence electrons. The predicted octanol–water partition coefficient (Wildman–Crippen LogP) is 3.53. The molecular weight excluding hydrogens is 446 g/mol. The fraction of sp³-hybridized carbons (Fsp3) is 0.538. The summed E-state index contributed by atoms with van der Waals surface area (Å²) in [4.78, 5) is 34.5. The number of nitrogens with one attached hydrogen (secondary N) is 3. The first kappa shape index (κ1) is 23.5. The van der Waals surface area contributed by atoms with Gasteiger partial charge in [0.25, 0.3) is 5.91 Å². The lowest BCUT2D eigenvalue weighted by atomic mass is 9.50. The Balaban J connectivity index is 1.23. The number of aromatic nitrogens is 2. The molecule has 9 nitrogen and oxygen atoms in total. The minimum atomic E-state index is -0.498. The first-order chi connectivity index (χ1) is 17.0. The summed E-state index contributed by atoms with van der Waals surface area (Å²) in [5, 5.41) is 9.69. The molecule has 4 aliphatic rings. The molecule has 2 unspecified atom stereocenters. The summed E-state index contributed by atoms with van der Waals surface area (Å²) < 4.78 is 10.6. The van der Waals surface area contributed by atoms with Crippen LogP contribution in [0.4, 0.5) is 10.6 Å². The van der Waals surface area contributed by atoms with Crippen molar-refractivity contribution in [1.82, 2.24) is 20.6 Å². The number of methoxy groups -OCH3 is 1. The van der Waals surface area contributed by atoms with Crippen LogP contribution in [0.3, 0.4) is 0 Å². The second-order valence-corrected chi connectivity index (χ2v) is 10.3. The number of anilines is 1. The molecule has 2 amide bonds. The summed E-state index contributed by atoms with van der Waals surface area (Å²) >= 11 is 0. The van der Waals surface area contributed by atoms with E-state index < -0.39 is 6.09 Å². The maximum Gasteiger partial charge on any atom is 0.414 e. The number of hydrogen-bond donors (Lipinski definition) is 3. The molecule has 0 aromatic carbocycles. The highest BCUT2D eigenvalue weighted by atomic mass is 16.6. The van der Waals surface area contributed by atoms with Gasteiger partial charge in [-0.3, -0.25) is 9.78 Å². The van der Waals surface area contributed by atoms with Gasteiger partial charge in [-0.15, -0.1) is 0 Å². The summed E-state index contributed by atoms with van der Waals surface area (Å²) in [7, 11) is 1.67. The highest BCUT2D eigenvalue weighted by molar-refractivity contribution is 5.92. The van der Waals surface area contributed by atoms with Crippen LogP contribution in [0.2, 0.25) is 0 Å². The first-order valence-electron chi connectivity index (χ1n) is 12.4. The van der Waals surface area contributed by atoms with Crippen molar-refractivity contribution in [1.29, 1.82) is 0 Å². The van der Waals surface area contributed by atoms with Gasteiger partial charge in [0.1, 0.15) is 11.5 Å². The minimum Gasteiger partial charge on any atom is -0.391 e. The minimum absolute atomic E-state index is 0.149. The van der Waals surface area contributed by atoms with E-state index in [0.29, 0.717) is 42.9 Å². The average Bonchev–Trinajstić information content (AvgIpc) is 2.81. The maximum absolute atomic E-state index is 12.9. The molecule has 2 heterocycles. The van der Waals surface area contributed by atoms with Crippen LogP contribution in [-0.2, 0) is 4.74 Å². The van der Waals surface area contributed by atoms with Crippen molar-refractivity contribution in [2.45, 2.75) is 56.0 Å². The smallest absolute Gasteiger partial charge is 0.391 e. The van der Waals surface area contributed by atoms with Crippen LogP contribution in [0.25, 0.3) is 0 Å². The molecular formula is C26H33N5O4. The number of pyridine rings is 2. The van der Waals surface area contributed by atoms with Crippen LogP contribution < -0.4 is 20.7 Å². The van der Waals surface area contributed by atoms with E-state index in [4.69, 9.17) is 9.47 Å². The van der Waals surface area contributed by atoms with Gasteiger partial charge in [-0.25, -0.2) is 4.79 Å². The highest BCUT2D eigenvalue weighted by Gasteiger charge is 2.59. The van der Waals surface area contributed by atoms with Crippen LogP contribution in [-0.4, -0.2) is 53.3 Å². The average molecular weight is 480 g/mol. The van der Waals surface area contributed by atoms with Crippen molar-refractivity contribution in [3.05, 3.63) is 48.3 Å². The Morgan fingerprint density at radius 2 is 1.80 bits per heavy atom. The van der Waals surface area contributed by atoms with Gasteiger partial charge >= 0.3 is 6.09 Å². The molecule has 2 aromatic heterocycles. The van der Waals surface area contributed by atoms with E-state index >= 15 is 0 Å². The zero-order valence-electron chi connectivity index (χ0n) is 20.1. The molecule has 2 atom stereocenters. The second kappa shape index (κ2) is 9.81. The van der Waals surface area contributed by atoms with Gasteiger partial charge in [-0.1, -0.05) is 12.1 Å². The lowest BCUT2D eigenvalue weighted by Crippen LogP contribution is -2.70. The van der Waals surface area contributed by atoms with Crippen LogP contribution >= 0.6 is 0 Å². The van der Waals surface area contributed by atoms with Crippen molar-refractivity contribution < 1.29 is 19.1 Å². The number of rotatable bonds is 9. The van der Waals surface area contributed by atoms with E-state index in [-0.39, 0.29) is 22.9 Å². The molecule has 4 saturated carbocycles. The standard InChI is InChI=1S/C26H33N5O4/c1-34-11-5-10-28-21-7-4-8-22(29-21)35-24(33)31-26-15-18-12-19(16-26)14-25(13-18,17-26)30-23(32)20-6-2-3-9-27-20/h2-4,6-9,18-19H,5,10-17H2,1H3,(H,28,29)(H,30,32)(H,31,33). The Morgan fingerprint density at radius 3 is 2.51 bits per heavy atom. The van der Waals surface area contributed by atoms with Crippen molar-refractivity contribution in [3.8, 4) is 5.88 Å². The number of carbonyl (C=O) groups is 2. The van der Waals surface area contributed by atoms with Crippen molar-refractivity contribution in [2.24, 2.45) is 11.8 Å². The van der Waals surface area contributed by atoms with E-state index in [2.05, 4.69) is 25.9 Å². The van der Waals surface area contributed by atoms with Gasteiger partial charge in [-0.05, 0) is 75.0 Å². The molecule has 4 aliphatic carbocycles. The monoisotopic (exact) mass is 479 g/mol. The zero-order chi connectivity index (χ0) is 24.3. The molecule has 35 heavy (non-hydrogen) atoms. The van der Waals surface area contributed by atoms with E-state index in [1.807, 2.05) is 12.1 Å². The van der Waals surface area contributed by atoms with Crippen LogP contribution in [0.1, 0.15) is 55.4 Å². The number of amides is 2. The van der Waals surface area contributed by atoms with E-state index in [0.717, 1.165) is 38.5 Å². The third-order valence-electron chi connectivity index (χ3n) is 7.46. The van der Waals surface area contributed by atoms with Crippen LogP contribution in [0.5, 0.6) is 5.88 Å². The normalized spacial score (nSPS) is 28.4. The van der Waals surface area contributed by atoms with Gasteiger partial charge in [0.2, 0.25) is 5.88 Å². The maximum atomic E-state index is 12.9. The first-order valence-corrected chi connectivity index (χ1v) is 12.4. The molecule has 0 saturated heterocycles. The summed E-state index contributed by atoms with van der Waals surface area (Å²) in [5.74, 6) is 1.69. The topological polar surface area (TPSA) is 114 Å². The predicted molar refractivity (Wildman–Crippen MR) is 130 cm³/mol. The molecule has 4 fully saturated rings. The molecule has 0 radical (unpaired) electrons. The van der Waals surface area contributed by atoms with E-state index in [1.165, 1.54) is 0 Å². The quantitative estimate of drug-likeness (QED) is 0.471. The highest BCUT2D eigenvalue weighted by Crippen LogP contribution is 2.57. The third kappa shape index (κ3) is 5.40. The lowest BCUT2D eigenvalue weighted by molar-refractivity contribution is -0.0450. The SMILES string of the molecule is COCCCNc1cccc(OC(=O)NC23CC4CC(C2)CC(NC(=O)c2ccccn2)(C4)C3)n1. The number of carbonyl (C=O) groups excluding carboxylic acids is 2. The zero-order valence-corrected chi connectivity index (χ0v) is 20.1. The summed E-state index contributed by atoms with van der Waals surface area (Å²) in [6.45, 7) is 1.38. The molecule has 3 N–H and O–H groups in total. The summed E-state index contributed by atoms with van der Waals surface area (Å²) in [5.41, 5.74) is -0.281. The van der Waals surface area contributed by atoms with Gasteiger partial charge in [0, 0.05) is 43.6 Å². The van der Waals surface area contributed by atoms with Gasteiger partial charge in [0.15, 0.2) is 0 Å². The van der Waals surface area contributed by atoms with Crippen molar-refractivity contribution in [2.75, 3.05) is 25.6 Å². The van der Waals surface area contributed by atoms with E-state index in [1.54, 1.807) is 37.6 Å². The van der Waals surface area contributed by atoms with Gasteiger partial charge < -0.3 is 25.4 Å². The fourth-order valence-electron chi connectivity index (χ4n) is 6.70. The Labute approximate surface area is 205 Å². The number of nitrogens with zero attached hydrogens (tertiary/aromatic N) is 2. The van der Waals surface area contributed by atoms with Gasteiger partial charge in [-0.2, -0.15) is 4.98 Å². The Bertz CT molecular complexity index is 1050. The number of ether oxygens (including phenoxy) is 2. The second-order valence-electron chi connectivity index (χ2n) is 10.3. The lowest BCUT2D eigenvalue weighted by Gasteiger charge is -2.61. The van der Waals surface area contributed by atoms with Crippen LogP contribution in [0, 0.1) is 11.8 Å². The molecule has 6 rings (SSSR count). The summed E-state index contributed by atoms with van der Waals surface area (Å²) in [6.07, 6.45) is 7.55. The van der Waals surface area contributed by atoms with Crippen molar-refractivity contribution >= 4 is 17.8 Å². The largest absolute Gasteiger partial charge is 0.414 e. The van der Waals surface area contributed by atoms with Crippen molar-refractivity contribution in [3.63, 3.8) is 0 Å². The fourth-order valence-corrected chi connectivity index (χ4v) is 6.70. The van der Waals surface area contributed by atoms with E-state index in [9.17, 15) is 9.59 Å². The molecule has 9 heteroatoms. The molecule has 0 spiro atoms. The Kier molecular flexibility index (Phi) is 6.60. The Hall–Kier alpha value is -3.20. The molecule has 0 aliphatic heterocycles. The molecule has 2 aromatic rings. The third-order valence-corrected chi connectivity index (χ3v) is 7.46.